The van der Waals surface area contributed by atoms with Gasteiger partial charge in [0.15, 0.2) is 0 Å². The van der Waals surface area contributed by atoms with Crippen LogP contribution in [0.4, 0.5) is 10.5 Å². The maximum Gasteiger partial charge on any atom is 0.319 e. The maximum absolute atomic E-state index is 12.1. The molecule has 2 rings (SSSR count). The minimum absolute atomic E-state index is 0.00640. The Balaban J connectivity index is 2.04. The number of rotatable bonds is 5. The van der Waals surface area contributed by atoms with Crippen LogP contribution in [0.25, 0.3) is 10.9 Å². The van der Waals surface area contributed by atoms with Crippen LogP contribution in [0.5, 0.6) is 0 Å². The van der Waals surface area contributed by atoms with Crippen molar-refractivity contribution in [3.63, 3.8) is 0 Å². The van der Waals surface area contributed by atoms with Gasteiger partial charge in [-0.1, -0.05) is 0 Å². The van der Waals surface area contributed by atoms with Crippen LogP contribution in [0.15, 0.2) is 18.2 Å². The fraction of sp³-hybridized carbons (Fsp3) is 0.438. The number of carboxylic acids is 1. The molecule has 23 heavy (non-hydrogen) atoms. The third-order valence-electron chi connectivity index (χ3n) is 3.80. The lowest BCUT2D eigenvalue weighted by Crippen LogP contribution is -2.45. The Morgan fingerprint density at radius 3 is 2.70 bits per heavy atom. The summed E-state index contributed by atoms with van der Waals surface area (Å²) in [6, 6.07) is 5.18. The molecule has 2 amide bonds. The second-order valence-corrected chi connectivity index (χ2v) is 6.30. The number of carboxylic acid groups (broad SMARTS) is 1. The number of carbonyl (C=O) groups is 2. The first-order chi connectivity index (χ1) is 10.7. The molecule has 0 saturated carbocycles. The van der Waals surface area contributed by atoms with Gasteiger partial charge in [0.05, 0.1) is 5.52 Å². The van der Waals surface area contributed by atoms with Gasteiger partial charge in [-0.15, -0.1) is 0 Å². The molecule has 2 aromatic rings. The average Bonchev–Trinajstić information content (AvgIpc) is 2.71. The van der Waals surface area contributed by atoms with Crippen LogP contribution in [0.2, 0.25) is 0 Å². The molecular formula is C16H22N4O3. The van der Waals surface area contributed by atoms with E-state index < -0.39 is 11.5 Å². The molecular weight excluding hydrogens is 296 g/mol. The predicted octanol–water partition coefficient (Wildman–Crippen LogP) is 2.65. The zero-order valence-electron chi connectivity index (χ0n) is 13.8. The summed E-state index contributed by atoms with van der Waals surface area (Å²) in [5, 5.41) is 19.7. The molecule has 0 aliphatic rings. The normalized spacial score (nSPS) is 11.5. The number of hydrogen-bond acceptors (Lipinski definition) is 3. The lowest BCUT2D eigenvalue weighted by molar-refractivity contribution is -0.137. The summed E-state index contributed by atoms with van der Waals surface area (Å²) < 4.78 is 1.80. The molecule has 7 nitrogen and oxygen atoms in total. The number of aliphatic carboxylic acids is 1. The number of benzene rings is 1. The number of nitrogens with zero attached hydrogens (tertiary/aromatic N) is 2. The Labute approximate surface area is 134 Å². The van der Waals surface area contributed by atoms with Crippen molar-refractivity contribution >= 4 is 28.6 Å². The zero-order valence-corrected chi connectivity index (χ0v) is 13.8. The first kappa shape index (κ1) is 16.8. The molecule has 0 aliphatic carbocycles. The Bertz CT molecular complexity index is 749. The highest BCUT2D eigenvalue weighted by molar-refractivity contribution is 5.93. The lowest BCUT2D eigenvalue weighted by Gasteiger charge is -2.25. The van der Waals surface area contributed by atoms with Gasteiger partial charge in [-0.3, -0.25) is 9.48 Å². The van der Waals surface area contributed by atoms with E-state index in [1.165, 1.54) is 0 Å². The highest BCUT2D eigenvalue weighted by Crippen LogP contribution is 2.21. The smallest absolute Gasteiger partial charge is 0.319 e. The number of aromatic nitrogens is 2. The number of urea groups is 1. The SMILES string of the molecule is Cc1c2ccc(NC(=O)NC(C)(C)CCC(=O)O)cc2nn1C. The Kier molecular flexibility index (Phi) is 4.58. The fourth-order valence-corrected chi connectivity index (χ4v) is 2.36. The lowest BCUT2D eigenvalue weighted by atomic mass is 9.99. The third kappa shape index (κ3) is 4.21. The summed E-state index contributed by atoms with van der Waals surface area (Å²) in [5.41, 5.74) is 1.91. The van der Waals surface area contributed by atoms with Gasteiger partial charge in [-0.05, 0) is 45.4 Å². The summed E-state index contributed by atoms with van der Waals surface area (Å²) >= 11 is 0. The first-order valence-electron chi connectivity index (χ1n) is 7.42. The number of amides is 2. The quantitative estimate of drug-likeness (QED) is 0.789. The van der Waals surface area contributed by atoms with E-state index in [2.05, 4.69) is 15.7 Å². The maximum atomic E-state index is 12.1. The van der Waals surface area contributed by atoms with Crippen molar-refractivity contribution < 1.29 is 14.7 Å². The van der Waals surface area contributed by atoms with E-state index in [1.54, 1.807) is 18.5 Å². The molecule has 3 N–H and O–H groups in total. The van der Waals surface area contributed by atoms with Gasteiger partial charge in [-0.25, -0.2) is 4.79 Å². The number of hydrogen-bond donors (Lipinski definition) is 3. The summed E-state index contributed by atoms with van der Waals surface area (Å²) in [5.74, 6) is -0.878. The monoisotopic (exact) mass is 318 g/mol. The second kappa shape index (κ2) is 6.28. The number of carbonyl (C=O) groups excluding carboxylic acids is 1. The predicted molar refractivity (Wildman–Crippen MR) is 88.6 cm³/mol. The summed E-state index contributed by atoms with van der Waals surface area (Å²) in [6.07, 6.45) is 0.362. The molecule has 124 valence electrons. The van der Waals surface area contributed by atoms with Gasteiger partial charge in [0.1, 0.15) is 0 Å². The summed E-state index contributed by atoms with van der Waals surface area (Å²) in [4.78, 5) is 22.7. The minimum Gasteiger partial charge on any atom is -0.481 e. The van der Waals surface area contributed by atoms with Gasteiger partial charge >= 0.3 is 12.0 Å². The fourth-order valence-electron chi connectivity index (χ4n) is 2.36. The van der Waals surface area contributed by atoms with Crippen LogP contribution >= 0.6 is 0 Å². The number of anilines is 1. The molecule has 0 bridgehead atoms. The van der Waals surface area contributed by atoms with E-state index >= 15 is 0 Å². The molecule has 0 spiro atoms. The Morgan fingerprint density at radius 2 is 2.04 bits per heavy atom. The van der Waals surface area contributed by atoms with E-state index in [-0.39, 0.29) is 12.5 Å². The first-order valence-corrected chi connectivity index (χ1v) is 7.42. The van der Waals surface area contributed by atoms with Crippen LogP contribution in [0.1, 0.15) is 32.4 Å². The van der Waals surface area contributed by atoms with E-state index in [9.17, 15) is 9.59 Å². The van der Waals surface area contributed by atoms with Crippen molar-refractivity contribution in [3.8, 4) is 0 Å². The van der Waals surface area contributed by atoms with Gasteiger partial charge in [-0.2, -0.15) is 5.10 Å². The molecule has 7 heteroatoms. The molecule has 0 fully saturated rings. The van der Waals surface area contributed by atoms with E-state index in [1.807, 2.05) is 32.2 Å². The van der Waals surface area contributed by atoms with Crippen molar-refractivity contribution in [2.24, 2.45) is 7.05 Å². The van der Waals surface area contributed by atoms with Crippen molar-refractivity contribution in [2.75, 3.05) is 5.32 Å². The molecule has 0 saturated heterocycles. The van der Waals surface area contributed by atoms with Crippen LogP contribution in [0, 0.1) is 6.92 Å². The molecule has 1 heterocycles. The van der Waals surface area contributed by atoms with Crippen LogP contribution in [0.3, 0.4) is 0 Å². The van der Waals surface area contributed by atoms with Gasteiger partial charge in [0.2, 0.25) is 0 Å². The molecule has 0 radical (unpaired) electrons. The topological polar surface area (TPSA) is 96.2 Å². The Hall–Kier alpha value is -2.57. The summed E-state index contributed by atoms with van der Waals surface area (Å²) in [6.45, 7) is 5.57. The van der Waals surface area contributed by atoms with Crippen molar-refractivity contribution in [3.05, 3.63) is 23.9 Å². The molecule has 1 aromatic heterocycles. The van der Waals surface area contributed by atoms with Gasteiger partial charge in [0.25, 0.3) is 0 Å². The molecule has 0 aliphatic heterocycles. The minimum atomic E-state index is -0.878. The van der Waals surface area contributed by atoms with E-state index in [4.69, 9.17) is 5.11 Å². The molecule has 1 aromatic carbocycles. The molecule has 0 atom stereocenters. The van der Waals surface area contributed by atoms with Gasteiger partial charge in [0, 0.05) is 35.8 Å². The number of nitrogens with one attached hydrogen (secondary N) is 2. The summed E-state index contributed by atoms with van der Waals surface area (Å²) in [7, 11) is 1.88. The highest BCUT2D eigenvalue weighted by atomic mass is 16.4. The van der Waals surface area contributed by atoms with Crippen LogP contribution < -0.4 is 10.6 Å². The van der Waals surface area contributed by atoms with Crippen molar-refractivity contribution in [2.45, 2.75) is 39.2 Å². The van der Waals surface area contributed by atoms with E-state index in [0.717, 1.165) is 16.6 Å². The second-order valence-electron chi connectivity index (χ2n) is 6.30. The van der Waals surface area contributed by atoms with E-state index in [0.29, 0.717) is 12.1 Å². The van der Waals surface area contributed by atoms with Crippen LogP contribution in [-0.4, -0.2) is 32.4 Å². The average molecular weight is 318 g/mol. The van der Waals surface area contributed by atoms with Crippen molar-refractivity contribution in [1.29, 1.82) is 0 Å². The number of aryl methyl sites for hydroxylation is 2. The standard InChI is InChI=1S/C16H22N4O3/c1-10-12-6-5-11(9-13(12)19-20(10)4)17-15(23)18-16(2,3)8-7-14(21)22/h5-6,9H,7-8H2,1-4H3,(H,21,22)(H2,17,18,23). The molecule has 0 unspecified atom stereocenters. The zero-order chi connectivity index (χ0) is 17.2. The highest BCUT2D eigenvalue weighted by Gasteiger charge is 2.21. The third-order valence-corrected chi connectivity index (χ3v) is 3.80. The Morgan fingerprint density at radius 1 is 1.35 bits per heavy atom. The van der Waals surface area contributed by atoms with Crippen LogP contribution in [-0.2, 0) is 11.8 Å². The van der Waals surface area contributed by atoms with Gasteiger partial charge < -0.3 is 15.7 Å². The number of fused-ring (bicyclic) bond motifs is 1. The van der Waals surface area contributed by atoms with Crippen molar-refractivity contribution in [1.82, 2.24) is 15.1 Å². The largest absolute Gasteiger partial charge is 0.481 e.